The Morgan fingerprint density at radius 3 is 1.18 bits per heavy atom. The van der Waals surface area contributed by atoms with Gasteiger partial charge in [0.25, 0.3) is 0 Å². The van der Waals surface area contributed by atoms with Crippen molar-refractivity contribution >= 4 is 22.9 Å². The number of aryl methyl sites for hydroxylation is 2. The van der Waals surface area contributed by atoms with Crippen LogP contribution in [0.5, 0.6) is 0 Å². The van der Waals surface area contributed by atoms with E-state index in [0.29, 0.717) is 22.7 Å². The Bertz CT molecular complexity index is 1370. The second kappa shape index (κ2) is 21.4. The number of hydrogen-bond donors (Lipinski definition) is 2. The van der Waals surface area contributed by atoms with Crippen LogP contribution in [0.4, 0.5) is 11.4 Å². The first-order valence-corrected chi connectivity index (χ1v) is 12.5. The Labute approximate surface area is 279 Å². The summed E-state index contributed by atoms with van der Waals surface area (Å²) in [6, 6.07) is 15.9. The van der Waals surface area contributed by atoms with E-state index in [0.717, 1.165) is 11.4 Å². The number of rotatable bonds is 6. The summed E-state index contributed by atoms with van der Waals surface area (Å²) in [6.45, 7) is 4.07. The molecule has 0 spiro atoms. The van der Waals surface area contributed by atoms with Gasteiger partial charge in [0.05, 0.1) is 24.4 Å². The maximum atomic E-state index is 11.9. The zero-order valence-electron chi connectivity index (χ0n) is 24.9. The number of anilines is 2. The van der Waals surface area contributed by atoms with Crippen molar-refractivity contribution in [2.45, 2.75) is 13.8 Å². The van der Waals surface area contributed by atoms with E-state index >= 15 is 0 Å². The predicted octanol–water partition coefficient (Wildman–Crippen LogP) is 5.44. The molecule has 232 valence electrons. The van der Waals surface area contributed by atoms with Crippen molar-refractivity contribution in [1.82, 2.24) is 0 Å². The molecule has 0 radical (unpaired) electrons. The quantitative estimate of drug-likeness (QED) is 0.166. The van der Waals surface area contributed by atoms with Crippen LogP contribution in [0.25, 0.3) is 0 Å². The molecule has 45 heavy (non-hydrogen) atoms. The summed E-state index contributed by atoms with van der Waals surface area (Å²) in [6.07, 6.45) is 13.8. The van der Waals surface area contributed by atoms with E-state index in [1.165, 1.54) is 25.3 Å². The van der Waals surface area contributed by atoms with Crippen LogP contribution in [0.2, 0.25) is 0 Å². The van der Waals surface area contributed by atoms with Crippen molar-refractivity contribution < 1.29 is 56.5 Å². The summed E-state index contributed by atoms with van der Waals surface area (Å²) in [4.78, 5) is 40.3. The molecule has 4 rings (SSSR count). The first-order valence-electron chi connectivity index (χ1n) is 12.5. The number of carbonyl (C=O) groups is 2. The fourth-order valence-corrected chi connectivity index (χ4v) is 3.24. The number of nitrogens with one attached hydrogen (secondary N) is 2. The average Bonchev–Trinajstić information content (AvgIpc) is 2.97. The van der Waals surface area contributed by atoms with Crippen molar-refractivity contribution in [3.8, 4) is 0 Å². The molecule has 0 aromatic heterocycles. The molecule has 0 bridgehead atoms. The molecule has 0 amide bonds. The van der Waals surface area contributed by atoms with Crippen LogP contribution in [0, 0.1) is 44.5 Å². The van der Waals surface area contributed by atoms with Crippen molar-refractivity contribution in [3.05, 3.63) is 162 Å². The van der Waals surface area contributed by atoms with E-state index in [1.54, 1.807) is 48.9 Å². The van der Waals surface area contributed by atoms with E-state index in [-0.39, 0.29) is 38.9 Å². The van der Waals surface area contributed by atoms with E-state index in [9.17, 15) is 9.59 Å². The molecule has 15 heteroatoms. The van der Waals surface area contributed by atoms with Crippen LogP contribution in [0.15, 0.2) is 120 Å². The van der Waals surface area contributed by atoms with E-state index in [1.807, 2.05) is 62.4 Å². The molecule has 2 aliphatic carbocycles. The molecule has 2 aliphatic rings. The molecular formula is C30H30CdN4O10. The van der Waals surface area contributed by atoms with Crippen LogP contribution in [0.3, 0.4) is 0 Å². The Morgan fingerprint density at radius 2 is 0.911 bits per heavy atom. The number of nitrogens with zero attached hydrogens (tertiary/aromatic N) is 2. The SMILES string of the molecule is COC1=CC=C/C(=C/Nc2ccc(C)cc2)C1=O.COC1=CC=C/C(=C/Nc2ccc(C)cc2)C1=O.O=[N+]([O-])[O-].O=[N+]([O-])[O-].[Cd+2]. The number of ketones is 2. The Morgan fingerprint density at radius 1 is 0.622 bits per heavy atom. The number of hydrogen-bond acceptors (Lipinski definition) is 12. The Kier molecular flexibility index (Phi) is 18.9. The minimum atomic E-state index is -1.75. The molecule has 0 saturated heterocycles. The zero-order valence-corrected chi connectivity index (χ0v) is 29.0. The summed E-state index contributed by atoms with van der Waals surface area (Å²) in [5, 5.41) is 35.7. The molecule has 0 heterocycles. The minimum Gasteiger partial charge on any atom is -0.493 e. The van der Waals surface area contributed by atoms with Crippen molar-refractivity contribution in [1.29, 1.82) is 0 Å². The normalized spacial score (nSPS) is 14.4. The van der Waals surface area contributed by atoms with Gasteiger partial charge in [-0.05, 0) is 62.4 Å². The van der Waals surface area contributed by atoms with Gasteiger partial charge in [0.1, 0.15) is 0 Å². The van der Waals surface area contributed by atoms with Gasteiger partial charge in [-0.25, -0.2) is 0 Å². The van der Waals surface area contributed by atoms with E-state index < -0.39 is 10.2 Å². The third-order valence-corrected chi connectivity index (χ3v) is 5.35. The molecule has 2 aromatic carbocycles. The van der Waals surface area contributed by atoms with Crippen LogP contribution >= 0.6 is 0 Å². The van der Waals surface area contributed by atoms with Gasteiger partial charge in [-0.1, -0.05) is 47.5 Å². The summed E-state index contributed by atoms with van der Waals surface area (Å²) in [5.74, 6) is 0.489. The predicted molar refractivity (Wildman–Crippen MR) is 165 cm³/mol. The topological polar surface area (TPSA) is 209 Å². The monoisotopic (exact) mass is 720 g/mol. The van der Waals surface area contributed by atoms with Crippen molar-refractivity contribution in [2.24, 2.45) is 0 Å². The number of carbonyl (C=O) groups excluding carboxylic acids is 2. The van der Waals surface area contributed by atoms with Crippen LogP contribution in [-0.4, -0.2) is 36.0 Å². The largest absolute Gasteiger partial charge is 2.00 e. The van der Waals surface area contributed by atoms with Gasteiger partial charge < -0.3 is 50.8 Å². The second-order valence-corrected chi connectivity index (χ2v) is 8.51. The molecule has 2 N–H and O–H groups in total. The molecule has 0 unspecified atom stereocenters. The Hall–Kier alpha value is -5.26. The fraction of sp³-hybridized carbons (Fsp3) is 0.133. The molecule has 0 fully saturated rings. The van der Waals surface area contributed by atoms with Gasteiger partial charge in [-0.3, -0.25) is 9.59 Å². The number of methoxy groups -OCH3 is 2. The van der Waals surface area contributed by atoms with E-state index in [4.69, 9.17) is 40.1 Å². The summed E-state index contributed by atoms with van der Waals surface area (Å²) in [7, 11) is 2.99. The Balaban J connectivity index is 0.000000684. The second-order valence-electron chi connectivity index (χ2n) is 8.51. The molecule has 14 nitrogen and oxygen atoms in total. The van der Waals surface area contributed by atoms with E-state index in [2.05, 4.69) is 10.6 Å². The maximum absolute atomic E-state index is 11.9. The number of Topliss-reactive ketones (excluding diaryl/α,β-unsaturated/α-hetero) is 2. The molecule has 0 saturated carbocycles. The van der Waals surface area contributed by atoms with Gasteiger partial charge in [0.2, 0.25) is 11.6 Å². The van der Waals surface area contributed by atoms with Gasteiger partial charge in [0.15, 0.2) is 11.5 Å². The average molecular weight is 719 g/mol. The third kappa shape index (κ3) is 16.2. The maximum Gasteiger partial charge on any atom is 2.00 e. The minimum absolute atomic E-state index is 0. The first kappa shape index (κ1) is 39.7. The standard InChI is InChI=1S/2C15H15NO2.Cd.2NO3/c2*1-11-6-8-13(9-7-11)16-10-12-4-3-5-14(18-2)15(12)17;;2*2-1(3)4/h2*3-10,16H,1-2H3;;;/q;;+2;2*-1/b2*12-10-;;;. The van der Waals surface area contributed by atoms with Gasteiger partial charge >= 0.3 is 27.3 Å². The number of allylic oxidation sites excluding steroid dienone is 8. The van der Waals surface area contributed by atoms with Crippen molar-refractivity contribution in [2.75, 3.05) is 24.9 Å². The van der Waals surface area contributed by atoms with Crippen LogP contribution < -0.4 is 10.6 Å². The van der Waals surface area contributed by atoms with Crippen LogP contribution in [-0.2, 0) is 46.4 Å². The summed E-state index contributed by atoms with van der Waals surface area (Å²) < 4.78 is 9.99. The molecule has 0 atom stereocenters. The van der Waals surface area contributed by atoms with Gasteiger partial charge in [-0.2, -0.15) is 0 Å². The first-order chi connectivity index (χ1) is 20.9. The smallest absolute Gasteiger partial charge is 0.493 e. The zero-order chi connectivity index (χ0) is 33.1. The van der Waals surface area contributed by atoms with Crippen molar-refractivity contribution in [3.63, 3.8) is 0 Å². The van der Waals surface area contributed by atoms with Gasteiger partial charge in [-0.15, -0.1) is 0 Å². The molecule has 0 aliphatic heterocycles. The van der Waals surface area contributed by atoms with Gasteiger partial charge in [0, 0.05) is 34.9 Å². The summed E-state index contributed by atoms with van der Waals surface area (Å²) >= 11 is 0. The third-order valence-electron chi connectivity index (χ3n) is 5.35. The summed E-state index contributed by atoms with van der Waals surface area (Å²) in [5.41, 5.74) is 5.45. The van der Waals surface area contributed by atoms with Crippen LogP contribution in [0.1, 0.15) is 11.1 Å². The number of benzene rings is 2. The molecular weight excluding hydrogens is 689 g/mol. The molecule has 2 aromatic rings. The number of ether oxygens (including phenoxy) is 2. The fourth-order valence-electron chi connectivity index (χ4n) is 3.24.